The predicted octanol–water partition coefficient (Wildman–Crippen LogP) is 5.51. The van der Waals surface area contributed by atoms with Gasteiger partial charge in [0.1, 0.15) is 17.6 Å². The summed E-state index contributed by atoms with van der Waals surface area (Å²) in [5, 5.41) is 11.1. The lowest BCUT2D eigenvalue weighted by atomic mass is 9.98. The molecule has 1 saturated heterocycles. The topological polar surface area (TPSA) is 79.7 Å². The van der Waals surface area contributed by atoms with E-state index in [9.17, 15) is 27.9 Å². The van der Waals surface area contributed by atoms with Crippen molar-refractivity contribution in [2.24, 2.45) is 0 Å². The molecule has 1 atom stereocenters. The molecule has 0 saturated carbocycles. The number of benzene rings is 2. The number of ether oxygens (including phenoxy) is 1. The number of aliphatic hydroxyl groups excluding tert-OH is 1. The standard InChI is InChI=1S/C27H23F3N2O4/c1-2-14-36-20-11-9-18(10-12-20)24(33)22-23(21-8-3-4-13-31-21)32(26(35)25(22)34)16-17-6-5-7-19(15-17)27(28,29)30/h3-13,15,23,33H,2,14,16H2,1H3/b24-22+. The minimum atomic E-state index is -4.56. The van der Waals surface area contributed by atoms with E-state index in [0.29, 0.717) is 18.1 Å². The van der Waals surface area contributed by atoms with E-state index in [4.69, 9.17) is 4.74 Å². The van der Waals surface area contributed by atoms with E-state index in [1.807, 2.05) is 6.92 Å². The number of hydrogen-bond donors (Lipinski definition) is 1. The van der Waals surface area contributed by atoms with Crippen LogP contribution in [0.3, 0.4) is 0 Å². The van der Waals surface area contributed by atoms with Gasteiger partial charge in [0, 0.05) is 18.3 Å². The molecule has 36 heavy (non-hydrogen) atoms. The van der Waals surface area contributed by atoms with E-state index < -0.39 is 35.2 Å². The molecular formula is C27H23F3N2O4. The summed E-state index contributed by atoms with van der Waals surface area (Å²) in [6.07, 6.45) is -2.27. The maximum Gasteiger partial charge on any atom is 0.416 e. The highest BCUT2D eigenvalue weighted by molar-refractivity contribution is 6.46. The number of nitrogens with zero attached hydrogens (tertiary/aromatic N) is 2. The van der Waals surface area contributed by atoms with E-state index in [1.54, 1.807) is 42.5 Å². The number of pyridine rings is 1. The number of carbonyl (C=O) groups excluding carboxylic acids is 2. The molecule has 1 aliphatic rings. The summed E-state index contributed by atoms with van der Waals surface area (Å²) in [5.74, 6) is -1.70. The Morgan fingerprint density at radius 2 is 1.81 bits per heavy atom. The fourth-order valence-corrected chi connectivity index (χ4v) is 4.02. The van der Waals surface area contributed by atoms with Crippen molar-refractivity contribution in [3.63, 3.8) is 0 Å². The number of aromatic nitrogens is 1. The van der Waals surface area contributed by atoms with Crippen LogP contribution in [0.2, 0.25) is 0 Å². The lowest BCUT2D eigenvalue weighted by molar-refractivity contribution is -0.140. The molecule has 186 valence electrons. The lowest BCUT2D eigenvalue weighted by Gasteiger charge is -2.25. The third-order valence-electron chi connectivity index (χ3n) is 5.72. The first-order valence-corrected chi connectivity index (χ1v) is 11.3. The Morgan fingerprint density at radius 3 is 2.44 bits per heavy atom. The summed E-state index contributed by atoms with van der Waals surface area (Å²) in [7, 11) is 0. The lowest BCUT2D eigenvalue weighted by Crippen LogP contribution is -2.29. The van der Waals surface area contributed by atoms with Crippen molar-refractivity contribution >= 4 is 17.4 Å². The molecule has 6 nitrogen and oxygen atoms in total. The highest BCUT2D eigenvalue weighted by atomic mass is 19.4. The van der Waals surface area contributed by atoms with E-state index in [-0.39, 0.29) is 23.2 Å². The SMILES string of the molecule is CCCOc1ccc(/C(O)=C2\C(=O)C(=O)N(Cc3cccc(C(F)(F)F)c3)C2c2ccccn2)cc1. The first-order chi connectivity index (χ1) is 17.2. The molecule has 1 unspecified atom stereocenters. The Labute approximate surface area is 205 Å². The van der Waals surface area contributed by atoms with Gasteiger partial charge >= 0.3 is 6.18 Å². The Balaban J connectivity index is 1.76. The smallest absolute Gasteiger partial charge is 0.416 e. The molecule has 9 heteroatoms. The highest BCUT2D eigenvalue weighted by Gasteiger charge is 2.46. The van der Waals surface area contributed by atoms with Gasteiger partial charge in [0.2, 0.25) is 0 Å². The van der Waals surface area contributed by atoms with Gasteiger partial charge in [-0.2, -0.15) is 13.2 Å². The molecule has 4 rings (SSSR count). The van der Waals surface area contributed by atoms with Crippen LogP contribution in [-0.2, 0) is 22.3 Å². The van der Waals surface area contributed by atoms with Crippen molar-refractivity contribution in [2.45, 2.75) is 32.1 Å². The molecule has 1 fully saturated rings. The normalized spacial score (nSPS) is 17.4. The molecule has 0 bridgehead atoms. The minimum Gasteiger partial charge on any atom is -0.507 e. The summed E-state index contributed by atoms with van der Waals surface area (Å²) in [6.45, 7) is 2.21. The quantitative estimate of drug-likeness (QED) is 0.265. The number of alkyl halides is 3. The number of amides is 1. The van der Waals surface area contributed by atoms with E-state index in [1.165, 1.54) is 18.3 Å². The zero-order valence-electron chi connectivity index (χ0n) is 19.3. The average molecular weight is 496 g/mol. The van der Waals surface area contributed by atoms with Crippen LogP contribution in [0, 0.1) is 0 Å². The molecule has 1 N–H and O–H groups in total. The predicted molar refractivity (Wildman–Crippen MR) is 126 cm³/mol. The molecule has 2 heterocycles. The second kappa shape index (κ2) is 10.2. The molecule has 1 amide bonds. The van der Waals surface area contributed by atoms with Gasteiger partial charge in [-0.05, 0) is 60.5 Å². The number of aliphatic hydroxyl groups is 1. The molecule has 1 aliphatic heterocycles. The largest absolute Gasteiger partial charge is 0.507 e. The second-order valence-electron chi connectivity index (χ2n) is 8.25. The summed E-state index contributed by atoms with van der Waals surface area (Å²) in [4.78, 5) is 31.5. The zero-order valence-corrected chi connectivity index (χ0v) is 19.3. The van der Waals surface area contributed by atoms with Crippen LogP contribution in [0.15, 0.2) is 78.5 Å². The third-order valence-corrected chi connectivity index (χ3v) is 5.72. The fraction of sp³-hybridized carbons (Fsp3) is 0.222. The summed E-state index contributed by atoms with van der Waals surface area (Å²) in [6, 6.07) is 14.8. The summed E-state index contributed by atoms with van der Waals surface area (Å²) in [5.41, 5.74) is -0.278. The zero-order chi connectivity index (χ0) is 25.9. The van der Waals surface area contributed by atoms with Crippen molar-refractivity contribution in [1.82, 2.24) is 9.88 Å². The summed E-state index contributed by atoms with van der Waals surface area (Å²) >= 11 is 0. The fourth-order valence-electron chi connectivity index (χ4n) is 4.02. The maximum absolute atomic E-state index is 13.2. The first-order valence-electron chi connectivity index (χ1n) is 11.3. The maximum atomic E-state index is 13.2. The van der Waals surface area contributed by atoms with Crippen molar-refractivity contribution in [3.8, 4) is 5.75 Å². The number of ketones is 1. The molecule has 0 spiro atoms. The van der Waals surface area contributed by atoms with Gasteiger partial charge in [-0.25, -0.2) is 0 Å². The van der Waals surface area contributed by atoms with Crippen molar-refractivity contribution < 1.29 is 32.6 Å². The summed E-state index contributed by atoms with van der Waals surface area (Å²) < 4.78 is 45.2. The monoisotopic (exact) mass is 496 g/mol. The van der Waals surface area contributed by atoms with Crippen LogP contribution in [0.1, 0.15) is 41.8 Å². The number of likely N-dealkylation sites (tertiary alicyclic amines) is 1. The molecule has 2 aromatic carbocycles. The van der Waals surface area contributed by atoms with Crippen LogP contribution < -0.4 is 4.74 Å². The minimum absolute atomic E-state index is 0.185. The van der Waals surface area contributed by atoms with Gasteiger partial charge in [0.25, 0.3) is 11.7 Å². The number of hydrogen-bond acceptors (Lipinski definition) is 5. The Bertz CT molecular complexity index is 1290. The van der Waals surface area contributed by atoms with Crippen LogP contribution >= 0.6 is 0 Å². The van der Waals surface area contributed by atoms with Gasteiger partial charge in [0.15, 0.2) is 0 Å². The molecule has 3 aromatic rings. The van der Waals surface area contributed by atoms with Crippen LogP contribution in [0.4, 0.5) is 13.2 Å². The molecular weight excluding hydrogens is 473 g/mol. The second-order valence-corrected chi connectivity index (χ2v) is 8.25. The van der Waals surface area contributed by atoms with Gasteiger partial charge in [0.05, 0.1) is 23.4 Å². The van der Waals surface area contributed by atoms with Gasteiger partial charge in [-0.3, -0.25) is 14.6 Å². The number of carbonyl (C=O) groups is 2. The van der Waals surface area contributed by atoms with E-state index in [0.717, 1.165) is 23.5 Å². The number of rotatable bonds is 7. The van der Waals surface area contributed by atoms with Gasteiger partial charge in [-0.15, -0.1) is 0 Å². The average Bonchev–Trinajstić information content (AvgIpc) is 3.12. The molecule has 0 aliphatic carbocycles. The third kappa shape index (κ3) is 5.10. The number of Topliss-reactive ketones (excluding diaryl/α,β-unsaturated/α-hetero) is 1. The highest BCUT2D eigenvalue weighted by Crippen LogP contribution is 2.40. The Kier molecular flexibility index (Phi) is 7.10. The van der Waals surface area contributed by atoms with Gasteiger partial charge < -0.3 is 14.7 Å². The van der Waals surface area contributed by atoms with Gasteiger partial charge in [-0.1, -0.05) is 25.1 Å². The van der Waals surface area contributed by atoms with E-state index in [2.05, 4.69) is 4.98 Å². The Hall–Kier alpha value is -4.14. The van der Waals surface area contributed by atoms with Crippen LogP contribution in [0.5, 0.6) is 5.75 Å². The molecule has 1 aromatic heterocycles. The van der Waals surface area contributed by atoms with Crippen molar-refractivity contribution in [3.05, 3.63) is 101 Å². The van der Waals surface area contributed by atoms with Crippen molar-refractivity contribution in [2.75, 3.05) is 6.61 Å². The van der Waals surface area contributed by atoms with Crippen LogP contribution in [-0.4, -0.2) is 33.3 Å². The molecule has 0 radical (unpaired) electrons. The first kappa shape index (κ1) is 25.0. The number of halogens is 3. The van der Waals surface area contributed by atoms with E-state index >= 15 is 0 Å². The van der Waals surface area contributed by atoms with Crippen LogP contribution in [0.25, 0.3) is 5.76 Å². The Morgan fingerprint density at radius 1 is 1.06 bits per heavy atom. The van der Waals surface area contributed by atoms with Crippen molar-refractivity contribution in [1.29, 1.82) is 0 Å².